The summed E-state index contributed by atoms with van der Waals surface area (Å²) in [7, 11) is 1.76. The lowest BCUT2D eigenvalue weighted by molar-refractivity contribution is -0.123. The number of nitrogens with zero attached hydrogens (tertiary/aromatic N) is 3. The molecule has 2 aliphatic heterocycles. The first-order valence-electron chi connectivity index (χ1n) is 7.55. The van der Waals surface area contributed by atoms with E-state index >= 15 is 0 Å². The number of hydrogen-bond acceptors (Lipinski definition) is 3. The fourth-order valence-corrected chi connectivity index (χ4v) is 3.83. The van der Waals surface area contributed by atoms with Crippen LogP contribution >= 0.6 is 0 Å². The van der Waals surface area contributed by atoms with E-state index in [1.54, 1.807) is 16.6 Å². The van der Waals surface area contributed by atoms with Crippen LogP contribution in [-0.4, -0.2) is 33.2 Å². The maximum absolute atomic E-state index is 13.1. The summed E-state index contributed by atoms with van der Waals surface area (Å²) in [4.78, 5) is 27.3. The molecule has 1 atom stereocenters. The summed E-state index contributed by atoms with van der Waals surface area (Å²) < 4.78 is 1.62. The number of aromatic nitrogens is 2. The van der Waals surface area contributed by atoms with Crippen molar-refractivity contribution in [2.24, 2.45) is 7.05 Å². The number of hydrogen-bond donors (Lipinski definition) is 2. The molecule has 2 aromatic rings. The second-order valence-electron chi connectivity index (χ2n) is 5.82. The van der Waals surface area contributed by atoms with E-state index in [0.29, 0.717) is 12.4 Å². The highest BCUT2D eigenvalue weighted by molar-refractivity contribution is 6.13. The fraction of sp³-hybridized carbons (Fsp3) is 0.312. The molecule has 7 nitrogen and oxygen atoms in total. The minimum atomic E-state index is -1.17. The highest BCUT2D eigenvalue weighted by atomic mass is 16.2. The number of benzene rings is 1. The summed E-state index contributed by atoms with van der Waals surface area (Å²) in [6.45, 7) is 4.13. The Morgan fingerprint density at radius 3 is 2.70 bits per heavy atom. The third-order valence-electron chi connectivity index (χ3n) is 4.67. The van der Waals surface area contributed by atoms with E-state index in [4.69, 9.17) is 0 Å². The molecule has 1 aromatic carbocycles. The quantitative estimate of drug-likeness (QED) is 0.842. The van der Waals surface area contributed by atoms with Crippen molar-refractivity contribution in [2.75, 3.05) is 17.2 Å². The normalized spacial score (nSPS) is 22.0. The number of fused-ring (bicyclic) bond motifs is 4. The molecule has 7 heteroatoms. The van der Waals surface area contributed by atoms with Crippen molar-refractivity contribution < 1.29 is 9.59 Å². The summed E-state index contributed by atoms with van der Waals surface area (Å²) in [5.74, 6) is 0.358. The Bertz CT molecular complexity index is 856. The van der Waals surface area contributed by atoms with Gasteiger partial charge in [-0.05, 0) is 19.9 Å². The van der Waals surface area contributed by atoms with Crippen LogP contribution in [-0.2, 0) is 17.4 Å². The monoisotopic (exact) mass is 311 g/mol. The van der Waals surface area contributed by atoms with Gasteiger partial charge in [-0.1, -0.05) is 18.2 Å². The van der Waals surface area contributed by atoms with E-state index in [2.05, 4.69) is 15.7 Å². The van der Waals surface area contributed by atoms with E-state index < -0.39 is 5.54 Å². The van der Waals surface area contributed by atoms with Gasteiger partial charge in [0, 0.05) is 24.8 Å². The first-order chi connectivity index (χ1) is 11.0. The molecule has 118 valence electrons. The second kappa shape index (κ2) is 4.34. The zero-order valence-electron chi connectivity index (χ0n) is 13.2. The first-order valence-corrected chi connectivity index (χ1v) is 7.55. The van der Waals surface area contributed by atoms with Gasteiger partial charge in [0.25, 0.3) is 5.91 Å². The molecule has 2 N–H and O–H groups in total. The van der Waals surface area contributed by atoms with Crippen LogP contribution in [0.1, 0.15) is 23.7 Å². The second-order valence-corrected chi connectivity index (χ2v) is 5.82. The zero-order valence-corrected chi connectivity index (χ0v) is 13.2. The van der Waals surface area contributed by atoms with Crippen molar-refractivity contribution >= 4 is 23.4 Å². The number of carbonyl (C=O) groups excluding carboxylic acids is 2. The van der Waals surface area contributed by atoms with Crippen molar-refractivity contribution in [3.05, 3.63) is 41.1 Å². The molecule has 1 aromatic heterocycles. The Morgan fingerprint density at radius 2 is 1.96 bits per heavy atom. The predicted molar refractivity (Wildman–Crippen MR) is 85.2 cm³/mol. The van der Waals surface area contributed by atoms with Gasteiger partial charge in [-0.3, -0.25) is 14.8 Å². The van der Waals surface area contributed by atoms with Gasteiger partial charge in [0.1, 0.15) is 5.82 Å². The Hall–Kier alpha value is -2.83. The summed E-state index contributed by atoms with van der Waals surface area (Å²) >= 11 is 0. The van der Waals surface area contributed by atoms with Crippen LogP contribution in [0.25, 0.3) is 0 Å². The smallest absolute Gasteiger partial charge is 0.323 e. The third kappa shape index (κ3) is 1.46. The van der Waals surface area contributed by atoms with E-state index in [1.165, 1.54) is 0 Å². The van der Waals surface area contributed by atoms with Crippen LogP contribution in [0.15, 0.2) is 24.3 Å². The molecule has 0 saturated heterocycles. The van der Waals surface area contributed by atoms with Gasteiger partial charge < -0.3 is 10.2 Å². The SMILES string of the molecule is CCN1C(=O)Nc2c(c(C)nn2C)C12C(=O)Nc1ccccc12. The molecule has 0 bridgehead atoms. The highest BCUT2D eigenvalue weighted by Crippen LogP contribution is 2.50. The minimum Gasteiger partial charge on any atom is -0.323 e. The fourth-order valence-electron chi connectivity index (χ4n) is 3.83. The molecule has 1 spiro atoms. The van der Waals surface area contributed by atoms with Crippen molar-refractivity contribution in [3.63, 3.8) is 0 Å². The van der Waals surface area contributed by atoms with E-state index in [-0.39, 0.29) is 11.9 Å². The van der Waals surface area contributed by atoms with Crippen LogP contribution in [0.3, 0.4) is 0 Å². The number of rotatable bonds is 1. The highest BCUT2D eigenvalue weighted by Gasteiger charge is 2.59. The molecular formula is C16H17N5O2. The Balaban J connectivity index is 2.14. The first kappa shape index (κ1) is 13.8. The molecule has 2 aliphatic rings. The number of aryl methyl sites for hydroxylation is 2. The zero-order chi connectivity index (χ0) is 16.4. The lowest BCUT2D eigenvalue weighted by Crippen LogP contribution is -2.58. The lowest BCUT2D eigenvalue weighted by atomic mass is 9.80. The van der Waals surface area contributed by atoms with E-state index in [1.807, 2.05) is 38.1 Å². The number of urea groups is 1. The molecule has 4 rings (SSSR count). The van der Waals surface area contributed by atoms with Crippen molar-refractivity contribution in [2.45, 2.75) is 19.4 Å². The largest absolute Gasteiger partial charge is 0.324 e. The lowest BCUT2D eigenvalue weighted by Gasteiger charge is -2.42. The molecule has 1 unspecified atom stereocenters. The minimum absolute atomic E-state index is 0.215. The number of nitrogens with one attached hydrogen (secondary N) is 2. The van der Waals surface area contributed by atoms with E-state index in [9.17, 15) is 9.59 Å². The van der Waals surface area contributed by atoms with Gasteiger partial charge in [0.15, 0.2) is 5.54 Å². The summed E-state index contributed by atoms with van der Waals surface area (Å²) in [5.41, 5.74) is 1.83. The van der Waals surface area contributed by atoms with E-state index in [0.717, 1.165) is 22.5 Å². The summed E-state index contributed by atoms with van der Waals surface area (Å²) in [6.07, 6.45) is 0. The average molecular weight is 311 g/mol. The Morgan fingerprint density at radius 1 is 1.22 bits per heavy atom. The molecule has 3 heterocycles. The summed E-state index contributed by atoms with van der Waals surface area (Å²) in [6, 6.07) is 7.20. The maximum atomic E-state index is 13.1. The predicted octanol–water partition coefficient (Wildman–Crippen LogP) is 1.79. The van der Waals surface area contributed by atoms with Gasteiger partial charge in [-0.25, -0.2) is 4.79 Å². The van der Waals surface area contributed by atoms with Crippen LogP contribution in [0.5, 0.6) is 0 Å². The van der Waals surface area contributed by atoms with Crippen molar-refractivity contribution in [1.82, 2.24) is 14.7 Å². The number of carbonyl (C=O) groups is 2. The molecule has 0 fully saturated rings. The van der Waals surface area contributed by atoms with Crippen molar-refractivity contribution in [1.29, 1.82) is 0 Å². The third-order valence-corrected chi connectivity index (χ3v) is 4.67. The van der Waals surface area contributed by atoms with Gasteiger partial charge in [-0.15, -0.1) is 0 Å². The van der Waals surface area contributed by atoms with Gasteiger partial charge in [0.2, 0.25) is 0 Å². The maximum Gasteiger partial charge on any atom is 0.324 e. The molecule has 23 heavy (non-hydrogen) atoms. The molecule has 0 radical (unpaired) electrons. The number of amides is 3. The van der Waals surface area contributed by atoms with Gasteiger partial charge >= 0.3 is 6.03 Å². The molecular weight excluding hydrogens is 294 g/mol. The van der Waals surface area contributed by atoms with Gasteiger partial charge in [-0.2, -0.15) is 5.10 Å². The number of para-hydroxylation sites is 1. The Kier molecular flexibility index (Phi) is 2.61. The Labute approximate surface area is 133 Å². The van der Waals surface area contributed by atoms with Gasteiger partial charge in [0.05, 0.1) is 11.3 Å². The molecule has 0 saturated carbocycles. The van der Waals surface area contributed by atoms with Crippen LogP contribution in [0.2, 0.25) is 0 Å². The summed E-state index contributed by atoms with van der Waals surface area (Å²) in [5, 5.41) is 10.2. The van der Waals surface area contributed by atoms with Crippen LogP contribution in [0.4, 0.5) is 16.3 Å². The van der Waals surface area contributed by atoms with Crippen molar-refractivity contribution in [3.8, 4) is 0 Å². The average Bonchev–Trinajstić information content (AvgIpc) is 2.96. The van der Waals surface area contributed by atoms with Crippen LogP contribution < -0.4 is 10.6 Å². The topological polar surface area (TPSA) is 79.3 Å². The number of anilines is 2. The van der Waals surface area contributed by atoms with Crippen LogP contribution in [0, 0.1) is 6.92 Å². The molecule has 0 aliphatic carbocycles. The molecule has 3 amide bonds. The standard InChI is InChI=1S/C16H17N5O2/c1-4-21-15(23)18-13-12(9(2)19-20(13)3)16(21)10-7-5-6-8-11(10)17-14(16)22/h5-8H,4H2,1-3H3,(H,17,22)(H,18,23). The number of likely N-dealkylation sites (N-methyl/N-ethyl adjacent to an activating group) is 1.